The van der Waals surface area contributed by atoms with Gasteiger partial charge in [0.15, 0.2) is 10.2 Å². The number of piperazine rings is 1. The molecule has 2 N–H and O–H groups in total. The van der Waals surface area contributed by atoms with E-state index < -0.39 is 10.4 Å². The van der Waals surface area contributed by atoms with E-state index in [2.05, 4.69) is 57.5 Å². The Morgan fingerprint density at radius 3 is 2.62 bits per heavy atom. The molecule has 1 aliphatic rings. The zero-order valence-corrected chi connectivity index (χ0v) is 18.4. The first-order valence-corrected chi connectivity index (χ1v) is 10.1. The van der Waals surface area contributed by atoms with Crippen molar-refractivity contribution in [1.82, 2.24) is 15.3 Å². The number of carbonyl (C=O) groups excluding carboxylic acids is 1. The summed E-state index contributed by atoms with van der Waals surface area (Å²) in [5.41, 5.74) is 3.68. The Hall–Kier alpha value is -2.09. The number of nitrogens with zero attached hydrogens (tertiary/aromatic N) is 3. The largest absolute Gasteiger partial charge is 0.478 e. The molecule has 1 unspecified atom stereocenters. The standard InChI is InChI=1S/C20H25Cl2N5O2/c1-12-7-13(2)9-14(8-12)27-6-5-23-10-15(27)18(28)26-17-19(29-4)25-16(11-24-17)20(3,21)22/h7-9,11,15,23H,5-6,10H2,1-4H3,(H,24,26,28). The number of hydrogen-bond acceptors (Lipinski definition) is 6. The lowest BCUT2D eigenvalue weighted by Crippen LogP contribution is -2.56. The molecule has 9 heteroatoms. The Labute approximate surface area is 180 Å². The number of benzene rings is 1. The van der Waals surface area contributed by atoms with Gasteiger partial charge in [-0.05, 0) is 44.0 Å². The molecule has 1 aromatic heterocycles. The van der Waals surface area contributed by atoms with Gasteiger partial charge in [-0.1, -0.05) is 29.3 Å². The third-order valence-corrected chi connectivity index (χ3v) is 5.10. The van der Waals surface area contributed by atoms with Crippen LogP contribution >= 0.6 is 23.2 Å². The Kier molecular flexibility index (Phi) is 6.51. The number of hydrogen-bond donors (Lipinski definition) is 2. The van der Waals surface area contributed by atoms with Gasteiger partial charge in [-0.15, -0.1) is 0 Å². The quantitative estimate of drug-likeness (QED) is 0.699. The van der Waals surface area contributed by atoms with Gasteiger partial charge in [0.2, 0.25) is 5.91 Å². The molecule has 1 atom stereocenters. The van der Waals surface area contributed by atoms with E-state index in [0.717, 1.165) is 29.9 Å². The molecular weight excluding hydrogens is 413 g/mol. The Balaban J connectivity index is 1.85. The van der Waals surface area contributed by atoms with Crippen molar-refractivity contribution in [1.29, 1.82) is 0 Å². The molecule has 0 spiro atoms. The van der Waals surface area contributed by atoms with Crippen molar-refractivity contribution in [3.05, 3.63) is 41.2 Å². The van der Waals surface area contributed by atoms with Crippen LogP contribution in [0.15, 0.2) is 24.4 Å². The number of carbonyl (C=O) groups is 1. The van der Waals surface area contributed by atoms with Gasteiger partial charge < -0.3 is 20.3 Å². The summed E-state index contributed by atoms with van der Waals surface area (Å²) < 4.78 is 4.07. The van der Waals surface area contributed by atoms with Crippen LogP contribution in [0.1, 0.15) is 23.7 Å². The number of anilines is 2. The maximum atomic E-state index is 13.1. The van der Waals surface area contributed by atoms with E-state index >= 15 is 0 Å². The number of ether oxygens (including phenoxy) is 1. The normalized spacial score (nSPS) is 17.2. The van der Waals surface area contributed by atoms with Crippen LogP contribution in [0.5, 0.6) is 5.88 Å². The fourth-order valence-corrected chi connectivity index (χ4v) is 3.56. The Morgan fingerprint density at radius 1 is 1.31 bits per heavy atom. The first kappa shape index (κ1) is 21.6. The minimum Gasteiger partial charge on any atom is -0.478 e. The zero-order valence-electron chi connectivity index (χ0n) is 16.9. The minimum atomic E-state index is -1.21. The van der Waals surface area contributed by atoms with E-state index in [1.165, 1.54) is 13.3 Å². The van der Waals surface area contributed by atoms with Crippen LogP contribution in [0.25, 0.3) is 0 Å². The summed E-state index contributed by atoms with van der Waals surface area (Å²) in [7, 11) is 1.45. The van der Waals surface area contributed by atoms with E-state index in [1.807, 2.05) is 0 Å². The molecule has 2 heterocycles. The van der Waals surface area contributed by atoms with Gasteiger partial charge in [0.05, 0.1) is 19.0 Å². The summed E-state index contributed by atoms with van der Waals surface area (Å²) >= 11 is 12.2. The molecule has 0 aliphatic carbocycles. The maximum Gasteiger partial charge on any atom is 0.257 e. The molecule has 3 rings (SSSR count). The number of amides is 1. The number of aryl methyl sites for hydroxylation is 2. The highest BCUT2D eigenvalue weighted by Crippen LogP contribution is 2.33. The lowest BCUT2D eigenvalue weighted by Gasteiger charge is -2.37. The molecule has 1 amide bonds. The number of nitrogens with one attached hydrogen (secondary N) is 2. The molecule has 2 aromatic rings. The fourth-order valence-electron chi connectivity index (χ4n) is 3.38. The van der Waals surface area contributed by atoms with Crippen LogP contribution in [-0.4, -0.2) is 48.7 Å². The predicted molar refractivity (Wildman–Crippen MR) is 116 cm³/mol. The highest BCUT2D eigenvalue weighted by Gasteiger charge is 2.31. The molecule has 0 radical (unpaired) electrons. The monoisotopic (exact) mass is 437 g/mol. The van der Waals surface area contributed by atoms with Gasteiger partial charge in [-0.2, -0.15) is 0 Å². The summed E-state index contributed by atoms with van der Waals surface area (Å²) in [5.74, 6) is 0.186. The molecular formula is C20H25Cl2N5O2. The van der Waals surface area contributed by atoms with Crippen LogP contribution in [0.3, 0.4) is 0 Å². The third kappa shape index (κ3) is 5.10. The first-order chi connectivity index (χ1) is 13.7. The van der Waals surface area contributed by atoms with Gasteiger partial charge in [0.25, 0.3) is 5.88 Å². The van der Waals surface area contributed by atoms with Crippen molar-refractivity contribution in [2.24, 2.45) is 0 Å². The van der Waals surface area contributed by atoms with Crippen LogP contribution in [-0.2, 0) is 9.13 Å². The average Bonchev–Trinajstić information content (AvgIpc) is 2.66. The topological polar surface area (TPSA) is 79.4 Å². The van der Waals surface area contributed by atoms with Crippen molar-refractivity contribution in [3.8, 4) is 5.88 Å². The first-order valence-electron chi connectivity index (χ1n) is 9.35. The van der Waals surface area contributed by atoms with Gasteiger partial charge in [-0.25, -0.2) is 9.97 Å². The molecule has 156 valence electrons. The molecule has 29 heavy (non-hydrogen) atoms. The molecule has 7 nitrogen and oxygen atoms in total. The molecule has 1 fully saturated rings. The summed E-state index contributed by atoms with van der Waals surface area (Å²) in [6.45, 7) is 7.74. The third-order valence-electron chi connectivity index (χ3n) is 4.71. The van der Waals surface area contributed by atoms with Crippen LogP contribution in [0.2, 0.25) is 0 Å². The highest BCUT2D eigenvalue weighted by atomic mass is 35.5. The Bertz CT molecular complexity index is 881. The average molecular weight is 438 g/mol. The summed E-state index contributed by atoms with van der Waals surface area (Å²) in [6.07, 6.45) is 1.43. The predicted octanol–water partition coefficient (Wildman–Crippen LogP) is 3.17. The maximum absolute atomic E-state index is 13.1. The number of methoxy groups -OCH3 is 1. The van der Waals surface area contributed by atoms with Crippen molar-refractivity contribution < 1.29 is 9.53 Å². The van der Waals surface area contributed by atoms with Crippen LogP contribution < -0.4 is 20.3 Å². The number of rotatable bonds is 5. The molecule has 0 saturated carbocycles. The van der Waals surface area contributed by atoms with E-state index in [-0.39, 0.29) is 17.6 Å². The molecule has 0 bridgehead atoms. The smallest absolute Gasteiger partial charge is 0.257 e. The SMILES string of the molecule is COc1nc(C(C)(Cl)Cl)cnc1NC(=O)C1CNCCN1c1cc(C)cc(C)c1. The highest BCUT2D eigenvalue weighted by molar-refractivity contribution is 6.47. The van der Waals surface area contributed by atoms with Gasteiger partial charge in [-0.3, -0.25) is 4.79 Å². The minimum absolute atomic E-state index is 0.157. The number of halogens is 2. The Morgan fingerprint density at radius 2 is 2.00 bits per heavy atom. The second kappa shape index (κ2) is 8.73. The van der Waals surface area contributed by atoms with Crippen molar-refractivity contribution >= 4 is 40.6 Å². The fraction of sp³-hybridized carbons (Fsp3) is 0.450. The lowest BCUT2D eigenvalue weighted by atomic mass is 10.1. The number of alkyl halides is 2. The molecule has 1 aliphatic heterocycles. The van der Waals surface area contributed by atoms with Crippen molar-refractivity contribution in [2.75, 3.05) is 37.0 Å². The second-order valence-corrected chi connectivity index (χ2v) is 8.96. The van der Waals surface area contributed by atoms with Crippen LogP contribution in [0, 0.1) is 13.8 Å². The van der Waals surface area contributed by atoms with Crippen molar-refractivity contribution in [2.45, 2.75) is 31.1 Å². The van der Waals surface area contributed by atoms with Crippen LogP contribution in [0.4, 0.5) is 11.5 Å². The molecule has 1 aromatic carbocycles. The van der Waals surface area contributed by atoms with Gasteiger partial charge in [0.1, 0.15) is 6.04 Å². The zero-order chi connectivity index (χ0) is 21.2. The second-order valence-electron chi connectivity index (χ2n) is 7.25. The van der Waals surface area contributed by atoms with E-state index in [1.54, 1.807) is 6.92 Å². The summed E-state index contributed by atoms with van der Waals surface area (Å²) in [5, 5.41) is 6.12. The summed E-state index contributed by atoms with van der Waals surface area (Å²) in [6, 6.07) is 5.90. The van der Waals surface area contributed by atoms with Gasteiger partial charge >= 0.3 is 0 Å². The van der Waals surface area contributed by atoms with Gasteiger partial charge in [0, 0.05) is 25.3 Å². The summed E-state index contributed by atoms with van der Waals surface area (Å²) in [4.78, 5) is 23.7. The van der Waals surface area contributed by atoms with E-state index in [9.17, 15) is 4.79 Å². The van der Waals surface area contributed by atoms with Crippen molar-refractivity contribution in [3.63, 3.8) is 0 Å². The van der Waals surface area contributed by atoms with E-state index in [4.69, 9.17) is 27.9 Å². The van der Waals surface area contributed by atoms with E-state index in [0.29, 0.717) is 12.2 Å². The number of aromatic nitrogens is 2. The lowest BCUT2D eigenvalue weighted by molar-refractivity contribution is -0.117. The molecule has 1 saturated heterocycles.